The molecule has 6 heteroatoms. The van der Waals surface area contributed by atoms with Gasteiger partial charge in [-0.25, -0.2) is 0 Å². The number of carbonyl (C=O) groups is 2. The predicted octanol–water partition coefficient (Wildman–Crippen LogP) is 0.794. The number of nitrogens with one attached hydrogen (secondary N) is 1. The number of hydroxylamine groups is 1. The third-order valence-electron chi connectivity index (χ3n) is 4.14. The molecule has 2 aromatic rings. The highest BCUT2D eigenvalue weighted by molar-refractivity contribution is 6.07. The van der Waals surface area contributed by atoms with Crippen molar-refractivity contribution >= 4 is 22.7 Å². The molecule has 2 aliphatic rings. The zero-order valence-electron chi connectivity index (χ0n) is 11.3. The lowest BCUT2D eigenvalue weighted by molar-refractivity contribution is -0.143. The monoisotopic (exact) mass is 283 g/mol. The van der Waals surface area contributed by atoms with E-state index in [9.17, 15) is 9.59 Å². The van der Waals surface area contributed by atoms with Crippen LogP contribution < -0.4 is 5.48 Å². The molecular formula is C15H13N3O3. The van der Waals surface area contributed by atoms with Crippen LogP contribution in [0.25, 0.3) is 10.9 Å². The summed E-state index contributed by atoms with van der Waals surface area (Å²) < 4.78 is 0. The average molecular weight is 283 g/mol. The van der Waals surface area contributed by atoms with Gasteiger partial charge in [-0.1, -0.05) is 24.3 Å². The summed E-state index contributed by atoms with van der Waals surface area (Å²) in [6.07, 6.45) is -0.749. The zero-order valence-corrected chi connectivity index (χ0v) is 11.3. The quantitative estimate of drug-likeness (QED) is 0.784. The Kier molecular flexibility index (Phi) is 2.57. The van der Waals surface area contributed by atoms with Gasteiger partial charge in [0.2, 0.25) is 5.91 Å². The summed E-state index contributed by atoms with van der Waals surface area (Å²) >= 11 is 0. The molecule has 1 N–H and O–H groups in total. The Labute approximate surface area is 120 Å². The Morgan fingerprint density at radius 1 is 1.14 bits per heavy atom. The minimum Gasteiger partial charge on any atom is -0.287 e. The molecule has 6 nitrogen and oxygen atoms in total. The first-order valence-corrected chi connectivity index (χ1v) is 6.75. The minimum absolute atomic E-state index is 0.227. The summed E-state index contributed by atoms with van der Waals surface area (Å²) in [5, 5.41) is 1.03. The first kappa shape index (κ1) is 12.4. The van der Waals surface area contributed by atoms with Gasteiger partial charge in [0.1, 0.15) is 0 Å². The summed E-state index contributed by atoms with van der Waals surface area (Å²) in [5.74, 6) is -1.08. The van der Waals surface area contributed by atoms with E-state index in [1.165, 1.54) is 7.05 Å². The van der Waals surface area contributed by atoms with Crippen molar-refractivity contribution in [2.24, 2.45) is 5.92 Å². The van der Waals surface area contributed by atoms with E-state index in [4.69, 9.17) is 4.84 Å². The Morgan fingerprint density at radius 3 is 2.81 bits per heavy atom. The largest absolute Gasteiger partial charge is 0.287 e. The van der Waals surface area contributed by atoms with Crippen LogP contribution in [0.15, 0.2) is 36.4 Å². The lowest BCUT2D eigenvalue weighted by atomic mass is 9.94. The molecule has 0 radical (unpaired) electrons. The van der Waals surface area contributed by atoms with Gasteiger partial charge in [0.05, 0.1) is 23.2 Å². The van der Waals surface area contributed by atoms with Gasteiger partial charge in [-0.3, -0.25) is 24.3 Å². The van der Waals surface area contributed by atoms with Crippen molar-refractivity contribution < 1.29 is 14.4 Å². The highest BCUT2D eigenvalue weighted by Crippen LogP contribution is 2.37. The van der Waals surface area contributed by atoms with Crippen LogP contribution in [0.3, 0.4) is 0 Å². The van der Waals surface area contributed by atoms with E-state index < -0.39 is 18.1 Å². The normalized spacial score (nSPS) is 28.4. The smallest absolute Gasteiger partial charge is 0.261 e. The number of hydrogen-bond acceptors (Lipinski definition) is 5. The number of rotatable bonds is 1. The zero-order chi connectivity index (χ0) is 14.6. The number of nitrogens with zero attached hydrogens (tertiary/aromatic N) is 2. The number of benzene rings is 1. The van der Waals surface area contributed by atoms with Crippen LogP contribution in [0.1, 0.15) is 11.7 Å². The number of aromatic nitrogens is 1. The van der Waals surface area contributed by atoms with Crippen molar-refractivity contribution in [1.29, 1.82) is 0 Å². The van der Waals surface area contributed by atoms with Crippen LogP contribution in [0.2, 0.25) is 0 Å². The molecule has 2 saturated heterocycles. The molecule has 1 aromatic carbocycles. The summed E-state index contributed by atoms with van der Waals surface area (Å²) in [7, 11) is 1.48. The molecule has 0 unspecified atom stereocenters. The summed E-state index contributed by atoms with van der Waals surface area (Å²) in [6, 6.07) is 11.2. The first-order chi connectivity index (χ1) is 10.2. The number of para-hydroxylation sites is 1. The Bertz CT molecular complexity index is 761. The minimum atomic E-state index is -0.749. The van der Waals surface area contributed by atoms with Crippen LogP contribution in [-0.2, 0) is 14.4 Å². The molecule has 3 atom stereocenters. The lowest BCUT2D eigenvalue weighted by Crippen LogP contribution is -2.32. The number of hydrogen-bond donors (Lipinski definition) is 1. The molecule has 2 amide bonds. The maximum absolute atomic E-state index is 12.2. The standard InChI is InChI=1S/C15H13N3O3/c1-18-14(19)11-12(17-21-13(11)15(18)20)10-7-6-8-4-2-3-5-9(8)16-10/h2-7,11-13,17H,1H3/t11-,12+,13+/m1/s1. The SMILES string of the molecule is CN1C(=O)[C@H]2[C@H](ON[C@H]2c2ccc3ccccc3n2)C1=O. The van der Waals surface area contributed by atoms with Crippen molar-refractivity contribution in [1.82, 2.24) is 15.4 Å². The van der Waals surface area contributed by atoms with Gasteiger partial charge in [0.15, 0.2) is 6.10 Å². The summed E-state index contributed by atoms with van der Waals surface area (Å²) in [5.41, 5.74) is 4.35. The maximum Gasteiger partial charge on any atom is 0.261 e. The Hall–Kier alpha value is -2.31. The molecule has 0 aliphatic carbocycles. The van der Waals surface area contributed by atoms with E-state index in [-0.39, 0.29) is 11.8 Å². The van der Waals surface area contributed by atoms with E-state index in [1.54, 1.807) is 0 Å². The van der Waals surface area contributed by atoms with Gasteiger partial charge in [0.25, 0.3) is 5.91 Å². The molecule has 4 rings (SSSR count). The van der Waals surface area contributed by atoms with Gasteiger partial charge in [-0.15, -0.1) is 0 Å². The maximum atomic E-state index is 12.2. The second-order valence-corrected chi connectivity index (χ2v) is 5.32. The van der Waals surface area contributed by atoms with Gasteiger partial charge in [-0.2, -0.15) is 5.48 Å². The van der Waals surface area contributed by atoms with Crippen LogP contribution >= 0.6 is 0 Å². The number of likely N-dealkylation sites (N-methyl/N-ethyl adjacent to an activating group) is 1. The molecule has 0 spiro atoms. The molecule has 0 bridgehead atoms. The third kappa shape index (κ3) is 1.69. The number of fused-ring (bicyclic) bond motifs is 2. The van der Waals surface area contributed by atoms with E-state index in [1.807, 2.05) is 36.4 Å². The fourth-order valence-electron chi connectivity index (χ4n) is 2.97. The fraction of sp³-hybridized carbons (Fsp3) is 0.267. The third-order valence-corrected chi connectivity index (χ3v) is 4.14. The van der Waals surface area contributed by atoms with Gasteiger partial charge >= 0.3 is 0 Å². The Morgan fingerprint density at radius 2 is 1.95 bits per heavy atom. The molecule has 2 fully saturated rings. The average Bonchev–Trinajstić information content (AvgIpc) is 3.04. The van der Waals surface area contributed by atoms with Crippen molar-refractivity contribution in [2.45, 2.75) is 12.1 Å². The lowest BCUT2D eigenvalue weighted by Gasteiger charge is -2.15. The first-order valence-electron chi connectivity index (χ1n) is 6.75. The molecule has 2 aliphatic heterocycles. The number of pyridine rings is 1. The molecular weight excluding hydrogens is 270 g/mol. The number of amides is 2. The number of imide groups is 1. The number of likely N-dealkylation sites (tertiary alicyclic amines) is 1. The van der Waals surface area contributed by atoms with Crippen molar-refractivity contribution in [3.8, 4) is 0 Å². The second-order valence-electron chi connectivity index (χ2n) is 5.32. The molecule has 3 heterocycles. The topological polar surface area (TPSA) is 71.5 Å². The van der Waals surface area contributed by atoms with E-state index in [0.717, 1.165) is 15.8 Å². The van der Waals surface area contributed by atoms with E-state index in [2.05, 4.69) is 10.5 Å². The van der Waals surface area contributed by atoms with Gasteiger partial charge < -0.3 is 0 Å². The van der Waals surface area contributed by atoms with Gasteiger partial charge in [-0.05, 0) is 12.1 Å². The van der Waals surface area contributed by atoms with Crippen LogP contribution in [0, 0.1) is 5.92 Å². The molecule has 21 heavy (non-hydrogen) atoms. The molecule has 1 aromatic heterocycles. The van der Waals surface area contributed by atoms with Crippen molar-refractivity contribution in [3.63, 3.8) is 0 Å². The van der Waals surface area contributed by atoms with Crippen LogP contribution in [-0.4, -0.2) is 34.8 Å². The van der Waals surface area contributed by atoms with Crippen LogP contribution in [0.5, 0.6) is 0 Å². The molecule has 106 valence electrons. The highest BCUT2D eigenvalue weighted by atomic mass is 16.7. The predicted molar refractivity (Wildman–Crippen MR) is 73.8 cm³/mol. The van der Waals surface area contributed by atoms with Crippen molar-refractivity contribution in [3.05, 3.63) is 42.1 Å². The van der Waals surface area contributed by atoms with Crippen LogP contribution in [0.4, 0.5) is 0 Å². The van der Waals surface area contributed by atoms with E-state index >= 15 is 0 Å². The van der Waals surface area contributed by atoms with Crippen molar-refractivity contribution in [2.75, 3.05) is 7.05 Å². The summed E-state index contributed by atoms with van der Waals surface area (Å²) in [4.78, 5) is 35.1. The number of carbonyl (C=O) groups excluding carboxylic acids is 2. The Balaban J connectivity index is 1.75. The molecule has 0 saturated carbocycles. The highest BCUT2D eigenvalue weighted by Gasteiger charge is 2.55. The second kappa shape index (κ2) is 4.34. The fourth-order valence-corrected chi connectivity index (χ4v) is 2.97. The summed E-state index contributed by atoms with van der Waals surface area (Å²) in [6.45, 7) is 0. The van der Waals surface area contributed by atoms with Gasteiger partial charge in [0, 0.05) is 12.4 Å². The van der Waals surface area contributed by atoms with E-state index in [0.29, 0.717) is 5.69 Å².